The van der Waals surface area contributed by atoms with Gasteiger partial charge >= 0.3 is 0 Å². The van der Waals surface area contributed by atoms with Gasteiger partial charge in [0.1, 0.15) is 5.82 Å². The number of hydrogen-bond acceptors (Lipinski definition) is 1. The first-order valence-corrected chi connectivity index (χ1v) is 6.44. The minimum Gasteiger partial charge on any atom is -0.349 e. The highest BCUT2D eigenvalue weighted by atomic mass is 35.5. The molecule has 1 atom stereocenters. The van der Waals surface area contributed by atoms with Crippen LogP contribution in [0.4, 0.5) is 0 Å². The van der Waals surface area contributed by atoms with Crippen molar-refractivity contribution in [2.24, 2.45) is 5.92 Å². The van der Waals surface area contributed by atoms with Crippen molar-refractivity contribution >= 4 is 11.6 Å². The molecule has 1 rings (SSSR count). The van der Waals surface area contributed by atoms with E-state index in [1.54, 1.807) is 0 Å². The van der Waals surface area contributed by atoms with Gasteiger partial charge in [-0.25, -0.2) is 4.98 Å². The molecule has 1 N–H and O–H groups in total. The third kappa shape index (κ3) is 5.22. The summed E-state index contributed by atoms with van der Waals surface area (Å²) in [6.45, 7) is 2.22. The first-order valence-electron chi connectivity index (χ1n) is 5.91. The van der Waals surface area contributed by atoms with E-state index in [1.807, 2.05) is 12.4 Å². The Balaban J connectivity index is 2.05. The molecule has 0 aliphatic heterocycles. The molecule has 0 aromatic carbocycles. The molecule has 1 aromatic rings. The van der Waals surface area contributed by atoms with Crippen molar-refractivity contribution < 1.29 is 0 Å². The van der Waals surface area contributed by atoms with Crippen LogP contribution in [-0.4, -0.2) is 15.8 Å². The zero-order chi connectivity index (χ0) is 10.9. The van der Waals surface area contributed by atoms with E-state index in [4.69, 9.17) is 11.6 Å². The van der Waals surface area contributed by atoms with E-state index in [0.717, 1.165) is 18.1 Å². The second-order valence-electron chi connectivity index (χ2n) is 4.09. The second kappa shape index (κ2) is 7.75. The predicted octanol–water partition coefficient (Wildman–Crippen LogP) is 3.78. The molecule has 0 aliphatic carbocycles. The SMILES string of the molecule is CCCC(CCl)CCCCc1ncc[nH]1. The molecular weight excluding hydrogens is 208 g/mol. The van der Waals surface area contributed by atoms with Gasteiger partial charge in [-0.1, -0.05) is 19.8 Å². The van der Waals surface area contributed by atoms with Gasteiger partial charge in [0.25, 0.3) is 0 Å². The Hall–Kier alpha value is -0.500. The number of imidazole rings is 1. The van der Waals surface area contributed by atoms with Crippen molar-refractivity contribution in [2.75, 3.05) is 5.88 Å². The number of alkyl halides is 1. The third-order valence-electron chi connectivity index (χ3n) is 2.75. The Morgan fingerprint density at radius 1 is 1.40 bits per heavy atom. The summed E-state index contributed by atoms with van der Waals surface area (Å²) >= 11 is 5.91. The van der Waals surface area contributed by atoms with Crippen LogP contribution in [0.5, 0.6) is 0 Å². The fourth-order valence-corrected chi connectivity index (χ4v) is 2.18. The van der Waals surface area contributed by atoms with Crippen LogP contribution in [0.25, 0.3) is 0 Å². The smallest absolute Gasteiger partial charge is 0.105 e. The van der Waals surface area contributed by atoms with E-state index < -0.39 is 0 Å². The van der Waals surface area contributed by atoms with E-state index in [1.165, 1.54) is 32.1 Å². The van der Waals surface area contributed by atoms with Crippen molar-refractivity contribution in [3.63, 3.8) is 0 Å². The molecule has 15 heavy (non-hydrogen) atoms. The largest absolute Gasteiger partial charge is 0.349 e. The number of halogens is 1. The maximum absolute atomic E-state index is 5.91. The molecule has 0 amide bonds. The van der Waals surface area contributed by atoms with Gasteiger partial charge in [-0.15, -0.1) is 11.6 Å². The van der Waals surface area contributed by atoms with E-state index >= 15 is 0 Å². The van der Waals surface area contributed by atoms with Gasteiger partial charge in [-0.05, 0) is 25.2 Å². The van der Waals surface area contributed by atoms with Crippen LogP contribution >= 0.6 is 11.6 Å². The summed E-state index contributed by atoms with van der Waals surface area (Å²) in [5.74, 6) is 2.63. The summed E-state index contributed by atoms with van der Waals surface area (Å²) < 4.78 is 0. The Morgan fingerprint density at radius 3 is 2.87 bits per heavy atom. The van der Waals surface area contributed by atoms with Crippen LogP contribution < -0.4 is 0 Å². The quantitative estimate of drug-likeness (QED) is 0.533. The molecule has 0 bridgehead atoms. The molecule has 1 aromatic heterocycles. The fourth-order valence-electron chi connectivity index (χ4n) is 1.87. The van der Waals surface area contributed by atoms with Gasteiger partial charge < -0.3 is 4.98 Å². The predicted molar refractivity (Wildman–Crippen MR) is 65.3 cm³/mol. The fraction of sp³-hybridized carbons (Fsp3) is 0.750. The highest BCUT2D eigenvalue weighted by molar-refractivity contribution is 6.18. The Kier molecular flexibility index (Phi) is 6.49. The molecule has 1 unspecified atom stereocenters. The standard InChI is InChI=1S/C12H21ClN2/c1-2-5-11(10-13)6-3-4-7-12-14-8-9-15-12/h8-9,11H,2-7,10H2,1H3,(H,14,15). The normalized spacial score (nSPS) is 12.9. The maximum atomic E-state index is 5.91. The van der Waals surface area contributed by atoms with Crippen molar-refractivity contribution in [3.05, 3.63) is 18.2 Å². The lowest BCUT2D eigenvalue weighted by molar-refractivity contribution is 0.464. The van der Waals surface area contributed by atoms with E-state index in [9.17, 15) is 0 Å². The van der Waals surface area contributed by atoms with Crippen molar-refractivity contribution in [1.82, 2.24) is 9.97 Å². The topological polar surface area (TPSA) is 28.7 Å². The summed E-state index contributed by atoms with van der Waals surface area (Å²) in [6, 6.07) is 0. The highest BCUT2D eigenvalue weighted by Crippen LogP contribution is 2.16. The molecule has 2 nitrogen and oxygen atoms in total. The highest BCUT2D eigenvalue weighted by Gasteiger charge is 2.05. The third-order valence-corrected chi connectivity index (χ3v) is 3.18. The number of aromatic nitrogens is 2. The molecule has 0 saturated heterocycles. The first kappa shape index (κ1) is 12.6. The van der Waals surface area contributed by atoms with Gasteiger partial charge in [0.05, 0.1) is 0 Å². The number of rotatable bonds is 8. The number of nitrogens with one attached hydrogen (secondary N) is 1. The van der Waals surface area contributed by atoms with Gasteiger partial charge in [-0.2, -0.15) is 0 Å². The summed E-state index contributed by atoms with van der Waals surface area (Å²) in [5, 5.41) is 0. The van der Waals surface area contributed by atoms with Gasteiger partial charge in [0, 0.05) is 24.7 Å². The zero-order valence-corrected chi connectivity index (χ0v) is 10.3. The lowest BCUT2D eigenvalue weighted by Gasteiger charge is -2.11. The Labute approximate surface area is 97.4 Å². The van der Waals surface area contributed by atoms with Crippen LogP contribution in [0.15, 0.2) is 12.4 Å². The average molecular weight is 229 g/mol. The van der Waals surface area contributed by atoms with Gasteiger partial charge in [-0.3, -0.25) is 0 Å². The Morgan fingerprint density at radius 2 is 2.27 bits per heavy atom. The Bertz CT molecular complexity index is 234. The minimum atomic E-state index is 0.716. The van der Waals surface area contributed by atoms with E-state index in [2.05, 4.69) is 16.9 Å². The number of aromatic amines is 1. The molecule has 1 heterocycles. The molecule has 0 saturated carbocycles. The first-order chi connectivity index (χ1) is 7.36. The molecule has 3 heteroatoms. The monoisotopic (exact) mass is 228 g/mol. The van der Waals surface area contributed by atoms with E-state index in [-0.39, 0.29) is 0 Å². The van der Waals surface area contributed by atoms with Crippen LogP contribution in [0, 0.1) is 5.92 Å². The second-order valence-corrected chi connectivity index (χ2v) is 4.40. The average Bonchev–Trinajstić information content (AvgIpc) is 2.75. The number of aryl methyl sites for hydroxylation is 1. The lowest BCUT2D eigenvalue weighted by atomic mass is 9.98. The number of hydrogen-bond donors (Lipinski definition) is 1. The van der Waals surface area contributed by atoms with Crippen molar-refractivity contribution in [3.8, 4) is 0 Å². The van der Waals surface area contributed by atoms with Gasteiger partial charge in [0.2, 0.25) is 0 Å². The summed E-state index contributed by atoms with van der Waals surface area (Å²) in [6.07, 6.45) is 11.0. The van der Waals surface area contributed by atoms with Crippen LogP contribution in [0.3, 0.4) is 0 Å². The van der Waals surface area contributed by atoms with Crippen molar-refractivity contribution in [2.45, 2.75) is 45.4 Å². The number of nitrogens with zero attached hydrogens (tertiary/aromatic N) is 1. The number of H-pyrrole nitrogens is 1. The summed E-state index contributed by atoms with van der Waals surface area (Å²) in [4.78, 5) is 7.34. The molecule has 0 radical (unpaired) electrons. The van der Waals surface area contributed by atoms with Crippen LogP contribution in [-0.2, 0) is 6.42 Å². The minimum absolute atomic E-state index is 0.716. The molecule has 86 valence electrons. The van der Waals surface area contributed by atoms with Crippen molar-refractivity contribution in [1.29, 1.82) is 0 Å². The maximum Gasteiger partial charge on any atom is 0.105 e. The van der Waals surface area contributed by atoms with E-state index in [0.29, 0.717) is 5.92 Å². The molecular formula is C12H21ClN2. The van der Waals surface area contributed by atoms with Crippen LogP contribution in [0.1, 0.15) is 44.9 Å². The summed E-state index contributed by atoms with van der Waals surface area (Å²) in [7, 11) is 0. The molecule has 0 fully saturated rings. The summed E-state index contributed by atoms with van der Waals surface area (Å²) in [5.41, 5.74) is 0. The zero-order valence-electron chi connectivity index (χ0n) is 9.51. The van der Waals surface area contributed by atoms with Gasteiger partial charge in [0.15, 0.2) is 0 Å². The number of unbranched alkanes of at least 4 members (excludes halogenated alkanes) is 1. The molecule has 0 spiro atoms. The van der Waals surface area contributed by atoms with Crippen LogP contribution in [0.2, 0.25) is 0 Å². The molecule has 0 aliphatic rings. The lowest BCUT2D eigenvalue weighted by Crippen LogP contribution is -2.02.